The van der Waals surface area contributed by atoms with Gasteiger partial charge in [0.2, 0.25) is 0 Å². The van der Waals surface area contributed by atoms with Gasteiger partial charge in [-0.1, -0.05) is 30.3 Å². The van der Waals surface area contributed by atoms with Crippen LogP contribution in [0.5, 0.6) is 11.5 Å². The predicted molar refractivity (Wildman–Crippen MR) is 160 cm³/mol. The quantitative estimate of drug-likeness (QED) is 0.127. The van der Waals surface area contributed by atoms with Crippen LogP contribution in [0.3, 0.4) is 0 Å². The number of carbonyl (C=O) groups excluding carboxylic acids is 3. The molecule has 44 heavy (non-hydrogen) atoms. The summed E-state index contributed by atoms with van der Waals surface area (Å²) >= 11 is 0. The van der Waals surface area contributed by atoms with E-state index in [2.05, 4.69) is 0 Å². The highest BCUT2D eigenvalue weighted by Gasteiger charge is 2.45. The van der Waals surface area contributed by atoms with Crippen molar-refractivity contribution in [1.82, 2.24) is 4.90 Å². The number of carbonyl (C=O) groups is 3. The summed E-state index contributed by atoms with van der Waals surface area (Å²) in [6.45, 7) is 3.23. The van der Waals surface area contributed by atoms with Crippen LogP contribution >= 0.6 is 0 Å². The van der Waals surface area contributed by atoms with E-state index in [0.29, 0.717) is 22.6 Å². The van der Waals surface area contributed by atoms with Gasteiger partial charge >= 0.3 is 11.9 Å². The fourth-order valence-electron chi connectivity index (χ4n) is 5.54. The van der Waals surface area contributed by atoms with Crippen LogP contribution < -0.4 is 9.47 Å². The molecule has 4 rings (SSSR count). The molecule has 1 atom stereocenters. The predicted octanol–water partition coefficient (Wildman–Crippen LogP) is 5.53. The van der Waals surface area contributed by atoms with Crippen molar-refractivity contribution in [3.63, 3.8) is 0 Å². The summed E-state index contributed by atoms with van der Waals surface area (Å²) in [4.78, 5) is 54.6. The van der Waals surface area contributed by atoms with Crippen molar-refractivity contribution < 1.29 is 38.3 Å². The van der Waals surface area contributed by atoms with E-state index in [0.717, 1.165) is 0 Å². The summed E-state index contributed by atoms with van der Waals surface area (Å²) in [5, 5.41) is 12.1. The van der Waals surface area contributed by atoms with Gasteiger partial charge in [0, 0.05) is 28.6 Å². The van der Waals surface area contributed by atoms with Crippen LogP contribution in [0.2, 0.25) is 0 Å². The van der Waals surface area contributed by atoms with Crippen LogP contribution in [0, 0.1) is 10.1 Å². The van der Waals surface area contributed by atoms with Crippen LogP contribution in [-0.4, -0.2) is 56.0 Å². The lowest BCUT2D eigenvalue weighted by atomic mass is 9.78. The Kier molecular flexibility index (Phi) is 9.47. The Hall–Kier alpha value is -5.45. The molecule has 3 aromatic carbocycles. The molecular weight excluding hydrogens is 568 g/mol. The summed E-state index contributed by atoms with van der Waals surface area (Å²) in [6.07, 6.45) is 0. The molecule has 0 aromatic heterocycles. The minimum Gasteiger partial charge on any atom is -0.497 e. The van der Waals surface area contributed by atoms with Crippen LogP contribution in [0.25, 0.3) is 0 Å². The highest BCUT2D eigenvalue weighted by Crippen LogP contribution is 2.48. The third-order valence-electron chi connectivity index (χ3n) is 7.65. The van der Waals surface area contributed by atoms with Crippen molar-refractivity contribution in [2.75, 3.05) is 28.4 Å². The highest BCUT2D eigenvalue weighted by atomic mass is 16.6. The Morgan fingerprint density at radius 2 is 1.23 bits per heavy atom. The fourth-order valence-corrected chi connectivity index (χ4v) is 5.54. The van der Waals surface area contributed by atoms with Crippen molar-refractivity contribution >= 4 is 23.4 Å². The molecule has 1 heterocycles. The number of nitrogens with zero attached hydrogens (tertiary/aromatic N) is 2. The van der Waals surface area contributed by atoms with Crippen LogP contribution in [-0.2, 0) is 19.1 Å². The van der Waals surface area contributed by atoms with E-state index in [4.69, 9.17) is 18.9 Å². The molecule has 11 nitrogen and oxygen atoms in total. The Balaban J connectivity index is 2.06. The van der Waals surface area contributed by atoms with Gasteiger partial charge in [-0.3, -0.25) is 14.9 Å². The molecule has 11 heteroatoms. The maximum atomic E-state index is 14.4. The first kappa shape index (κ1) is 31.5. The zero-order valence-corrected chi connectivity index (χ0v) is 25.2. The standard InChI is InChI=1S/C33H32N2O9/c1-19-27(32(37)43-5)29(25-9-7-8-10-26(25)35(39)40)28(33(38)44-6)20(2)34(19)30(21-11-15-23(41-3)16-12-21)31(36)22-13-17-24(42-4)18-14-22/h7-18,29-30H,1-6H3. The smallest absolute Gasteiger partial charge is 0.336 e. The maximum absolute atomic E-state index is 14.4. The summed E-state index contributed by atoms with van der Waals surface area (Å²) in [5.41, 5.74) is 1.12. The number of Topliss-reactive ketones (excluding diaryl/α,β-unsaturated/α-hetero) is 1. The number of hydrogen-bond acceptors (Lipinski definition) is 10. The van der Waals surface area contributed by atoms with Gasteiger partial charge in [0.05, 0.1) is 50.4 Å². The lowest BCUT2D eigenvalue weighted by Crippen LogP contribution is -2.40. The second kappa shape index (κ2) is 13.2. The van der Waals surface area contributed by atoms with Gasteiger partial charge in [0.15, 0.2) is 5.78 Å². The lowest BCUT2D eigenvalue weighted by Gasteiger charge is -2.41. The molecule has 1 aliphatic heterocycles. The molecule has 0 spiro atoms. The number of para-hydroxylation sites is 1. The van der Waals surface area contributed by atoms with E-state index >= 15 is 0 Å². The molecule has 0 saturated heterocycles. The number of nitro groups is 1. The van der Waals surface area contributed by atoms with Crippen LogP contribution in [0.15, 0.2) is 95.3 Å². The summed E-state index contributed by atoms with van der Waals surface area (Å²) in [6, 6.07) is 18.2. The molecule has 0 saturated carbocycles. The van der Waals surface area contributed by atoms with Gasteiger partial charge in [-0.05, 0) is 55.8 Å². The molecule has 228 valence electrons. The van der Waals surface area contributed by atoms with Crippen molar-refractivity contribution in [2.24, 2.45) is 0 Å². The van der Waals surface area contributed by atoms with E-state index < -0.39 is 28.8 Å². The first-order chi connectivity index (χ1) is 21.1. The minimum absolute atomic E-state index is 0.0474. The van der Waals surface area contributed by atoms with Gasteiger partial charge in [-0.2, -0.15) is 0 Å². The number of rotatable bonds is 10. The normalized spacial score (nSPS) is 14.2. The molecule has 1 aliphatic rings. The Labute approximate surface area is 254 Å². The number of methoxy groups -OCH3 is 4. The topological polar surface area (TPSA) is 135 Å². The first-order valence-corrected chi connectivity index (χ1v) is 13.5. The molecule has 0 amide bonds. The van der Waals surface area contributed by atoms with E-state index in [-0.39, 0.29) is 39.6 Å². The monoisotopic (exact) mass is 600 g/mol. The second-order valence-electron chi connectivity index (χ2n) is 9.87. The van der Waals surface area contributed by atoms with Crippen LogP contribution in [0.4, 0.5) is 5.69 Å². The van der Waals surface area contributed by atoms with Gasteiger partial charge < -0.3 is 23.8 Å². The lowest BCUT2D eigenvalue weighted by molar-refractivity contribution is -0.385. The zero-order valence-electron chi connectivity index (χ0n) is 25.2. The molecule has 0 fully saturated rings. The molecule has 3 aromatic rings. The van der Waals surface area contributed by atoms with E-state index in [1.807, 2.05) is 0 Å². The Morgan fingerprint density at radius 3 is 1.68 bits per heavy atom. The molecule has 0 radical (unpaired) electrons. The summed E-state index contributed by atoms with van der Waals surface area (Å²) in [5.74, 6) is -2.11. The van der Waals surface area contributed by atoms with Gasteiger partial charge in [0.1, 0.15) is 17.5 Å². The highest BCUT2D eigenvalue weighted by molar-refractivity contribution is 6.03. The number of ether oxygens (including phenoxy) is 4. The Morgan fingerprint density at radius 1 is 0.750 bits per heavy atom. The average Bonchev–Trinajstić information content (AvgIpc) is 3.05. The third kappa shape index (κ3) is 5.76. The number of hydrogen-bond donors (Lipinski definition) is 0. The number of benzene rings is 3. The van der Waals surface area contributed by atoms with Crippen molar-refractivity contribution in [3.8, 4) is 11.5 Å². The second-order valence-corrected chi connectivity index (χ2v) is 9.87. The van der Waals surface area contributed by atoms with Crippen molar-refractivity contribution in [3.05, 3.63) is 122 Å². The average molecular weight is 601 g/mol. The first-order valence-electron chi connectivity index (χ1n) is 13.5. The Bertz CT molecular complexity index is 1620. The third-order valence-corrected chi connectivity index (χ3v) is 7.65. The van der Waals surface area contributed by atoms with Crippen molar-refractivity contribution in [2.45, 2.75) is 25.8 Å². The van der Waals surface area contributed by atoms with Gasteiger partial charge in [-0.25, -0.2) is 9.59 Å². The number of nitro benzene ring substituents is 1. The minimum atomic E-state index is -1.22. The number of esters is 2. The van der Waals surface area contributed by atoms with Gasteiger partial charge in [0.25, 0.3) is 5.69 Å². The van der Waals surface area contributed by atoms with E-state index in [1.54, 1.807) is 73.3 Å². The fraction of sp³-hybridized carbons (Fsp3) is 0.242. The molecule has 0 bridgehead atoms. The summed E-state index contributed by atoms with van der Waals surface area (Å²) < 4.78 is 20.9. The number of allylic oxidation sites excluding steroid dienone is 2. The van der Waals surface area contributed by atoms with Crippen molar-refractivity contribution in [1.29, 1.82) is 0 Å². The maximum Gasteiger partial charge on any atom is 0.336 e. The zero-order chi connectivity index (χ0) is 32.1. The van der Waals surface area contributed by atoms with Gasteiger partial charge in [-0.15, -0.1) is 0 Å². The van der Waals surface area contributed by atoms with E-state index in [9.17, 15) is 24.5 Å². The molecular formula is C33H32N2O9. The molecule has 1 unspecified atom stereocenters. The van der Waals surface area contributed by atoms with E-state index in [1.165, 1.54) is 46.6 Å². The largest absolute Gasteiger partial charge is 0.497 e. The SMILES string of the molecule is COC(=O)C1=C(C)N(C(C(=O)c2ccc(OC)cc2)c2ccc(OC)cc2)C(C)=C(C(=O)OC)C1c1ccccc1[N+](=O)[O-]. The molecule has 0 aliphatic carbocycles. The number of ketones is 1. The molecule has 0 N–H and O–H groups in total. The van der Waals surface area contributed by atoms with Crippen LogP contribution in [0.1, 0.15) is 47.3 Å². The summed E-state index contributed by atoms with van der Waals surface area (Å²) in [7, 11) is 5.39.